The molecule has 2 aromatic heterocycles. The predicted molar refractivity (Wildman–Crippen MR) is 88.0 cm³/mol. The number of anilines is 1. The van der Waals surface area contributed by atoms with Gasteiger partial charge in [-0.25, -0.2) is 9.97 Å². The van der Waals surface area contributed by atoms with E-state index < -0.39 is 0 Å². The zero-order valence-corrected chi connectivity index (χ0v) is 13.5. The quantitative estimate of drug-likeness (QED) is 0.853. The van der Waals surface area contributed by atoms with E-state index in [0.29, 0.717) is 12.1 Å². The maximum absolute atomic E-state index is 4.60. The van der Waals surface area contributed by atoms with E-state index in [9.17, 15) is 0 Å². The van der Waals surface area contributed by atoms with E-state index in [1.165, 1.54) is 24.6 Å². The van der Waals surface area contributed by atoms with E-state index in [-0.39, 0.29) is 0 Å². The van der Waals surface area contributed by atoms with Crippen molar-refractivity contribution in [2.45, 2.75) is 51.2 Å². The summed E-state index contributed by atoms with van der Waals surface area (Å²) in [5.74, 6) is 1.14. The summed E-state index contributed by atoms with van der Waals surface area (Å²) in [7, 11) is 0. The van der Waals surface area contributed by atoms with Crippen LogP contribution in [0.5, 0.6) is 0 Å². The molecule has 2 aliphatic heterocycles. The van der Waals surface area contributed by atoms with E-state index in [0.717, 1.165) is 29.8 Å². The summed E-state index contributed by atoms with van der Waals surface area (Å²) < 4.78 is 0. The molecule has 2 fully saturated rings. The van der Waals surface area contributed by atoms with Crippen LogP contribution < -0.4 is 4.90 Å². The highest BCUT2D eigenvalue weighted by Gasteiger charge is 2.38. The van der Waals surface area contributed by atoms with Gasteiger partial charge < -0.3 is 4.90 Å². The zero-order chi connectivity index (χ0) is 14.4. The first-order valence-electron chi connectivity index (χ1n) is 7.94. The average molecular weight is 302 g/mol. The standard InChI is InChI=1S/C16H22N4S/c1-11(2)20-12-3-4-13(20)9-19(7-5-12)15-14-6-8-21-16(14)18-10-17-15/h6,8,10-13H,3-5,7,9H2,1-2H3. The van der Waals surface area contributed by atoms with Crippen molar-refractivity contribution in [2.75, 3.05) is 18.0 Å². The molecule has 2 aromatic rings. The molecule has 2 saturated heterocycles. The molecule has 2 unspecified atom stereocenters. The van der Waals surface area contributed by atoms with Crippen LogP contribution in [0.4, 0.5) is 5.82 Å². The lowest BCUT2D eigenvalue weighted by molar-refractivity contribution is 0.158. The van der Waals surface area contributed by atoms with Crippen LogP contribution in [-0.4, -0.2) is 46.1 Å². The highest BCUT2D eigenvalue weighted by molar-refractivity contribution is 7.16. The normalized spacial score (nSPS) is 26.7. The molecule has 4 heterocycles. The Balaban J connectivity index is 1.67. The molecule has 4 rings (SSSR count). The van der Waals surface area contributed by atoms with E-state index in [1.54, 1.807) is 17.7 Å². The van der Waals surface area contributed by atoms with Gasteiger partial charge in [-0.05, 0) is 44.6 Å². The molecule has 4 nitrogen and oxygen atoms in total. The molecule has 112 valence electrons. The van der Waals surface area contributed by atoms with Gasteiger partial charge in [-0.1, -0.05) is 0 Å². The summed E-state index contributed by atoms with van der Waals surface area (Å²) in [6.07, 6.45) is 5.67. The number of fused-ring (bicyclic) bond motifs is 3. The molecule has 0 N–H and O–H groups in total. The number of thiophene rings is 1. The summed E-state index contributed by atoms with van der Waals surface area (Å²) in [5.41, 5.74) is 0. The van der Waals surface area contributed by atoms with Crippen molar-refractivity contribution in [1.29, 1.82) is 0 Å². The minimum Gasteiger partial charge on any atom is -0.354 e. The third kappa shape index (κ3) is 2.23. The van der Waals surface area contributed by atoms with Crippen molar-refractivity contribution in [1.82, 2.24) is 14.9 Å². The van der Waals surface area contributed by atoms with Gasteiger partial charge in [-0.3, -0.25) is 4.90 Å². The Morgan fingerprint density at radius 1 is 1.19 bits per heavy atom. The van der Waals surface area contributed by atoms with Crippen molar-refractivity contribution in [3.05, 3.63) is 17.8 Å². The summed E-state index contributed by atoms with van der Waals surface area (Å²) in [6, 6.07) is 4.26. The van der Waals surface area contributed by atoms with Crippen molar-refractivity contribution < 1.29 is 0 Å². The predicted octanol–water partition coefficient (Wildman–Crippen LogP) is 3.14. The third-order valence-electron chi connectivity index (χ3n) is 4.98. The first-order chi connectivity index (χ1) is 10.2. The maximum atomic E-state index is 4.60. The zero-order valence-electron chi connectivity index (χ0n) is 12.7. The van der Waals surface area contributed by atoms with Crippen molar-refractivity contribution in [3.8, 4) is 0 Å². The number of rotatable bonds is 2. The minimum absolute atomic E-state index is 0.647. The van der Waals surface area contributed by atoms with E-state index >= 15 is 0 Å². The first-order valence-corrected chi connectivity index (χ1v) is 8.82. The van der Waals surface area contributed by atoms with Crippen LogP contribution in [0.3, 0.4) is 0 Å². The lowest BCUT2D eigenvalue weighted by Crippen LogP contribution is -2.43. The molecule has 2 atom stereocenters. The Morgan fingerprint density at radius 3 is 2.90 bits per heavy atom. The molecule has 2 aliphatic rings. The Labute approximate surface area is 129 Å². The minimum atomic E-state index is 0.647. The van der Waals surface area contributed by atoms with Gasteiger partial charge in [0.15, 0.2) is 0 Å². The van der Waals surface area contributed by atoms with Gasteiger partial charge in [0.05, 0.1) is 5.39 Å². The van der Waals surface area contributed by atoms with Gasteiger partial charge in [0.25, 0.3) is 0 Å². The second-order valence-electron chi connectivity index (χ2n) is 6.50. The average Bonchev–Trinajstić information content (AvgIpc) is 3.02. The molecule has 0 spiro atoms. The molecule has 0 amide bonds. The SMILES string of the molecule is CC(C)N1C2CCC1CN(c1ncnc3sccc13)CC2. The Morgan fingerprint density at radius 2 is 2.05 bits per heavy atom. The van der Waals surface area contributed by atoms with Crippen molar-refractivity contribution in [2.24, 2.45) is 0 Å². The maximum Gasteiger partial charge on any atom is 0.140 e. The van der Waals surface area contributed by atoms with Gasteiger partial charge in [0.2, 0.25) is 0 Å². The second kappa shape index (κ2) is 5.21. The topological polar surface area (TPSA) is 32.3 Å². The van der Waals surface area contributed by atoms with Crippen molar-refractivity contribution >= 4 is 27.4 Å². The van der Waals surface area contributed by atoms with Crippen molar-refractivity contribution in [3.63, 3.8) is 0 Å². The lowest BCUT2D eigenvalue weighted by Gasteiger charge is -2.32. The molecule has 0 aromatic carbocycles. The first kappa shape index (κ1) is 13.5. The summed E-state index contributed by atoms with van der Waals surface area (Å²) in [5, 5.41) is 3.34. The van der Waals surface area contributed by atoms with Gasteiger partial charge in [0, 0.05) is 31.2 Å². The largest absolute Gasteiger partial charge is 0.354 e. The Hall–Kier alpha value is -1.20. The summed E-state index contributed by atoms with van der Waals surface area (Å²) in [4.78, 5) is 15.3. The summed E-state index contributed by atoms with van der Waals surface area (Å²) >= 11 is 1.70. The van der Waals surface area contributed by atoms with Crippen LogP contribution in [0, 0.1) is 0 Å². The molecule has 0 aliphatic carbocycles. The molecule has 0 radical (unpaired) electrons. The molecular weight excluding hydrogens is 280 g/mol. The van der Waals surface area contributed by atoms with Gasteiger partial charge in [-0.15, -0.1) is 11.3 Å². The van der Waals surface area contributed by atoms with Gasteiger partial charge in [0.1, 0.15) is 17.0 Å². The lowest BCUT2D eigenvalue weighted by atomic mass is 10.1. The van der Waals surface area contributed by atoms with Crippen LogP contribution in [0.1, 0.15) is 33.1 Å². The third-order valence-corrected chi connectivity index (χ3v) is 5.80. The summed E-state index contributed by atoms with van der Waals surface area (Å²) in [6.45, 7) is 6.90. The number of aromatic nitrogens is 2. The highest BCUT2D eigenvalue weighted by Crippen LogP contribution is 2.35. The van der Waals surface area contributed by atoms with E-state index in [2.05, 4.69) is 45.1 Å². The van der Waals surface area contributed by atoms with Crippen LogP contribution in [0.25, 0.3) is 10.2 Å². The number of hydrogen-bond acceptors (Lipinski definition) is 5. The van der Waals surface area contributed by atoms with Gasteiger partial charge >= 0.3 is 0 Å². The van der Waals surface area contributed by atoms with E-state index in [4.69, 9.17) is 0 Å². The van der Waals surface area contributed by atoms with Crippen LogP contribution in [-0.2, 0) is 0 Å². The fourth-order valence-electron chi connectivity index (χ4n) is 4.18. The molecule has 5 heteroatoms. The molecular formula is C16H22N4S. The Kier molecular flexibility index (Phi) is 3.34. The second-order valence-corrected chi connectivity index (χ2v) is 7.39. The molecule has 2 bridgehead atoms. The van der Waals surface area contributed by atoms with Gasteiger partial charge in [-0.2, -0.15) is 0 Å². The highest BCUT2D eigenvalue weighted by atomic mass is 32.1. The Bertz CT molecular complexity index is 638. The van der Waals surface area contributed by atoms with E-state index in [1.807, 2.05) is 0 Å². The molecule has 0 saturated carbocycles. The van der Waals surface area contributed by atoms with Crippen LogP contribution in [0.2, 0.25) is 0 Å². The van der Waals surface area contributed by atoms with Crippen LogP contribution in [0.15, 0.2) is 17.8 Å². The fourth-order valence-corrected chi connectivity index (χ4v) is 4.90. The smallest absolute Gasteiger partial charge is 0.140 e. The number of nitrogens with zero attached hydrogens (tertiary/aromatic N) is 4. The molecule has 21 heavy (non-hydrogen) atoms. The van der Waals surface area contributed by atoms with Crippen LogP contribution >= 0.6 is 11.3 Å². The fraction of sp³-hybridized carbons (Fsp3) is 0.625. The number of hydrogen-bond donors (Lipinski definition) is 0. The monoisotopic (exact) mass is 302 g/mol.